The van der Waals surface area contributed by atoms with Crippen LogP contribution in [0.2, 0.25) is 0 Å². The van der Waals surface area contributed by atoms with Gasteiger partial charge in [-0.3, -0.25) is 9.98 Å². The molecule has 0 radical (unpaired) electrons. The average Bonchev–Trinajstić information content (AvgIpc) is 3.05. The summed E-state index contributed by atoms with van der Waals surface area (Å²) in [6.07, 6.45) is 1.28. The molecule has 2 amide bonds. The number of hydrogen-bond donors (Lipinski definition) is 5. The van der Waals surface area contributed by atoms with Gasteiger partial charge in [-0.2, -0.15) is 18.2 Å². The van der Waals surface area contributed by atoms with E-state index in [9.17, 15) is 22.8 Å². The topological polar surface area (TPSA) is 154 Å². The molecule has 2 aromatic carbocycles. The lowest BCUT2D eigenvalue weighted by atomic mass is 9.89. The van der Waals surface area contributed by atoms with Crippen LogP contribution in [0.5, 0.6) is 11.5 Å². The van der Waals surface area contributed by atoms with E-state index in [1.807, 2.05) is 18.2 Å². The van der Waals surface area contributed by atoms with E-state index in [1.165, 1.54) is 12.1 Å². The minimum absolute atomic E-state index is 0.0212. The molecule has 0 bridgehead atoms. The molecular weight excluding hydrogens is 615 g/mol. The lowest BCUT2D eigenvalue weighted by Gasteiger charge is -2.33. The van der Waals surface area contributed by atoms with Crippen molar-refractivity contribution in [2.75, 3.05) is 49.9 Å². The van der Waals surface area contributed by atoms with Crippen molar-refractivity contribution in [2.24, 2.45) is 5.73 Å². The molecule has 2 saturated heterocycles. The Labute approximate surface area is 269 Å². The van der Waals surface area contributed by atoms with Crippen LogP contribution in [0.15, 0.2) is 53.5 Å². The summed E-state index contributed by atoms with van der Waals surface area (Å²) in [4.78, 5) is 34.1. The van der Waals surface area contributed by atoms with Gasteiger partial charge in [0.25, 0.3) is 0 Å². The number of guanidine groups is 1. The Morgan fingerprint density at radius 3 is 2.45 bits per heavy atom. The fraction of sp³-hybridized carbons (Fsp3) is 0.438. The molecular formula is C32H38F3N9O3. The minimum Gasteiger partial charge on any atom is -0.450 e. The number of fused-ring (bicyclic) bond motifs is 2. The third-order valence-corrected chi connectivity index (χ3v) is 9.03. The third-order valence-electron chi connectivity index (χ3n) is 9.03. The Hall–Kier alpha value is -4.79. The molecule has 47 heavy (non-hydrogen) atoms. The highest BCUT2D eigenvalue weighted by Crippen LogP contribution is 2.43. The SMILES string of the molecule is N=C(N)NCCCN1CCC(n2cc3c(nc2=O)Nc2cc(C4CCN(C(=O)Nc5ccc(C(F)(F)F)cc5)CC4)ccc2O3)CC1. The number of nitrogens with two attached hydrogens (primary N) is 1. The number of nitrogens with one attached hydrogen (secondary N) is 4. The summed E-state index contributed by atoms with van der Waals surface area (Å²) in [6, 6.07) is 10.00. The van der Waals surface area contributed by atoms with Gasteiger partial charge in [-0.25, -0.2) is 9.59 Å². The number of carbonyl (C=O) groups excluding carboxylic acids is 1. The van der Waals surface area contributed by atoms with Gasteiger partial charge in [0.05, 0.1) is 17.4 Å². The van der Waals surface area contributed by atoms with Crippen LogP contribution in [0.25, 0.3) is 0 Å². The summed E-state index contributed by atoms with van der Waals surface area (Å²) in [6.45, 7) is 4.28. The number of ether oxygens (including phenoxy) is 1. The number of amides is 2. The largest absolute Gasteiger partial charge is 0.450 e. The standard InChI is InChI=1S/C32H38F3N9O3/c33-32(34,35)22-3-5-23(6-4-22)39-30(45)43-16-8-20(9-17-43)21-2-7-26-25(18-21)40-28-27(47-26)19-44(31(46)41-28)24-10-14-42(15-11-24)13-1-12-38-29(36)37/h2-7,18-20,24H,1,8-17H2,(H,39,45)(H4,36,37,38)(H,40,41,46). The van der Waals surface area contributed by atoms with Crippen LogP contribution in [0.4, 0.5) is 35.2 Å². The maximum absolute atomic E-state index is 13.0. The second-order valence-electron chi connectivity index (χ2n) is 12.2. The third kappa shape index (κ3) is 7.62. The Kier molecular flexibility index (Phi) is 9.25. The zero-order valence-electron chi connectivity index (χ0n) is 25.8. The number of halogens is 3. The van der Waals surface area contributed by atoms with Gasteiger partial charge in [0, 0.05) is 44.5 Å². The first kappa shape index (κ1) is 32.2. The van der Waals surface area contributed by atoms with Gasteiger partial charge in [0.1, 0.15) is 0 Å². The Bertz CT molecular complexity index is 1660. The van der Waals surface area contributed by atoms with Crippen LogP contribution in [-0.4, -0.2) is 70.6 Å². The lowest BCUT2D eigenvalue weighted by molar-refractivity contribution is -0.137. The molecule has 2 fully saturated rings. The summed E-state index contributed by atoms with van der Waals surface area (Å²) in [7, 11) is 0. The minimum atomic E-state index is -4.43. The van der Waals surface area contributed by atoms with Gasteiger partial charge < -0.3 is 36.2 Å². The van der Waals surface area contributed by atoms with Crippen molar-refractivity contribution in [2.45, 2.75) is 50.2 Å². The van der Waals surface area contributed by atoms with Crippen LogP contribution in [0.3, 0.4) is 0 Å². The molecule has 0 aliphatic carbocycles. The second kappa shape index (κ2) is 13.5. The number of hydrogen-bond acceptors (Lipinski definition) is 7. The van der Waals surface area contributed by atoms with Crippen molar-refractivity contribution >= 4 is 29.2 Å². The zero-order chi connectivity index (χ0) is 33.1. The van der Waals surface area contributed by atoms with Crippen LogP contribution >= 0.6 is 0 Å². The van der Waals surface area contributed by atoms with E-state index in [2.05, 4.69) is 25.8 Å². The average molecular weight is 654 g/mol. The highest BCUT2D eigenvalue weighted by Gasteiger charge is 2.31. The molecule has 4 heterocycles. The Balaban J connectivity index is 1.02. The van der Waals surface area contributed by atoms with E-state index < -0.39 is 11.7 Å². The van der Waals surface area contributed by atoms with Gasteiger partial charge in [-0.05, 0) is 86.5 Å². The molecule has 3 aliphatic rings. The van der Waals surface area contributed by atoms with Gasteiger partial charge in [-0.15, -0.1) is 0 Å². The summed E-state index contributed by atoms with van der Waals surface area (Å²) in [5.41, 5.74) is 6.34. The van der Waals surface area contributed by atoms with Crippen molar-refractivity contribution in [3.63, 3.8) is 0 Å². The molecule has 250 valence electrons. The Morgan fingerprint density at radius 2 is 1.77 bits per heavy atom. The normalized spacial score (nSPS) is 17.2. The highest BCUT2D eigenvalue weighted by molar-refractivity contribution is 5.89. The highest BCUT2D eigenvalue weighted by atomic mass is 19.4. The van der Waals surface area contributed by atoms with Crippen molar-refractivity contribution in [3.05, 3.63) is 70.3 Å². The predicted molar refractivity (Wildman–Crippen MR) is 172 cm³/mol. The smallest absolute Gasteiger partial charge is 0.416 e. The molecule has 12 nitrogen and oxygen atoms in total. The number of anilines is 3. The molecule has 6 rings (SSSR count). The molecule has 1 aromatic heterocycles. The van der Waals surface area contributed by atoms with E-state index in [0.29, 0.717) is 55.5 Å². The zero-order valence-corrected chi connectivity index (χ0v) is 25.8. The number of urea groups is 1. The number of aromatic nitrogens is 2. The predicted octanol–water partition coefficient (Wildman–Crippen LogP) is 5.03. The lowest BCUT2D eigenvalue weighted by Crippen LogP contribution is -2.40. The maximum Gasteiger partial charge on any atom is 0.416 e. The van der Waals surface area contributed by atoms with Gasteiger partial charge in [0.15, 0.2) is 23.3 Å². The molecule has 3 aliphatic heterocycles. The number of benzene rings is 2. The first-order valence-electron chi connectivity index (χ1n) is 15.8. The molecule has 6 N–H and O–H groups in total. The van der Waals surface area contributed by atoms with Crippen molar-refractivity contribution in [1.82, 2.24) is 24.7 Å². The summed E-state index contributed by atoms with van der Waals surface area (Å²) in [5.74, 6) is 1.68. The van der Waals surface area contributed by atoms with E-state index in [0.717, 1.165) is 62.3 Å². The monoisotopic (exact) mass is 653 g/mol. The second-order valence-corrected chi connectivity index (χ2v) is 12.2. The van der Waals surface area contributed by atoms with Crippen LogP contribution in [-0.2, 0) is 6.18 Å². The fourth-order valence-corrected chi connectivity index (χ4v) is 6.42. The van der Waals surface area contributed by atoms with Gasteiger partial charge in [0.2, 0.25) is 0 Å². The van der Waals surface area contributed by atoms with Crippen molar-refractivity contribution in [1.29, 1.82) is 5.41 Å². The number of nitrogens with zero attached hydrogens (tertiary/aromatic N) is 4. The van der Waals surface area contributed by atoms with Gasteiger partial charge >= 0.3 is 17.9 Å². The number of likely N-dealkylation sites (tertiary alicyclic amines) is 2. The quantitative estimate of drug-likeness (QED) is 0.106. The molecule has 0 atom stereocenters. The number of alkyl halides is 3. The summed E-state index contributed by atoms with van der Waals surface area (Å²) in [5, 5.41) is 16.0. The van der Waals surface area contributed by atoms with E-state index in [1.54, 1.807) is 15.7 Å². The first-order chi connectivity index (χ1) is 22.5. The number of piperidine rings is 2. The number of carbonyl (C=O) groups is 1. The summed E-state index contributed by atoms with van der Waals surface area (Å²) >= 11 is 0. The molecule has 3 aromatic rings. The van der Waals surface area contributed by atoms with E-state index >= 15 is 0 Å². The van der Waals surface area contributed by atoms with Crippen LogP contribution in [0, 0.1) is 5.41 Å². The maximum atomic E-state index is 13.0. The molecule has 0 saturated carbocycles. The van der Waals surface area contributed by atoms with Crippen molar-refractivity contribution < 1.29 is 22.7 Å². The van der Waals surface area contributed by atoms with E-state index in [4.69, 9.17) is 15.9 Å². The van der Waals surface area contributed by atoms with Crippen LogP contribution in [0.1, 0.15) is 55.2 Å². The fourth-order valence-electron chi connectivity index (χ4n) is 6.42. The number of rotatable bonds is 7. The molecule has 0 unspecified atom stereocenters. The summed E-state index contributed by atoms with van der Waals surface area (Å²) < 4.78 is 46.4. The molecule has 15 heteroatoms. The van der Waals surface area contributed by atoms with Crippen LogP contribution < -0.4 is 32.1 Å². The van der Waals surface area contributed by atoms with Gasteiger partial charge in [-0.1, -0.05) is 6.07 Å². The Morgan fingerprint density at radius 1 is 1.04 bits per heavy atom. The molecule has 0 spiro atoms. The van der Waals surface area contributed by atoms with E-state index in [-0.39, 0.29) is 29.6 Å². The first-order valence-corrected chi connectivity index (χ1v) is 15.8. The van der Waals surface area contributed by atoms with Crippen molar-refractivity contribution in [3.8, 4) is 11.5 Å².